The van der Waals surface area contributed by atoms with E-state index in [9.17, 15) is 9.59 Å². The third kappa shape index (κ3) is 3.26. The molecule has 6 heteroatoms. The molecule has 1 amide bonds. The monoisotopic (exact) mass is 354 g/mol. The number of benzene rings is 1. The Balaban J connectivity index is 1.53. The van der Waals surface area contributed by atoms with Crippen LogP contribution in [-0.4, -0.2) is 57.9 Å². The van der Waals surface area contributed by atoms with Gasteiger partial charge in [0.05, 0.1) is 16.9 Å². The Morgan fingerprint density at radius 1 is 1.19 bits per heavy atom. The highest BCUT2D eigenvalue weighted by Gasteiger charge is 2.32. The molecule has 1 aromatic heterocycles. The summed E-state index contributed by atoms with van der Waals surface area (Å²) in [6, 6.07) is 7.35. The van der Waals surface area contributed by atoms with Gasteiger partial charge in [-0.25, -0.2) is 4.98 Å². The zero-order valence-electron chi connectivity index (χ0n) is 15.3. The van der Waals surface area contributed by atoms with Gasteiger partial charge in [-0.2, -0.15) is 0 Å². The highest BCUT2D eigenvalue weighted by Crippen LogP contribution is 2.26. The summed E-state index contributed by atoms with van der Waals surface area (Å²) in [5.74, 6) is 1.01. The van der Waals surface area contributed by atoms with E-state index in [1.54, 1.807) is 6.07 Å². The molecule has 26 heavy (non-hydrogen) atoms. The number of fused-ring (bicyclic) bond motifs is 1. The molecule has 138 valence electrons. The van der Waals surface area contributed by atoms with Gasteiger partial charge < -0.3 is 9.88 Å². The van der Waals surface area contributed by atoms with Crippen molar-refractivity contribution in [2.45, 2.75) is 44.6 Å². The first kappa shape index (κ1) is 17.2. The maximum atomic E-state index is 12.9. The Hall–Kier alpha value is -2.21. The standard InChI is InChI=1S/C20H26N4O2/c1-14(23-10-4-5-11-23)20(26)24-12-6-7-15(13-24)18-21-17-9-3-2-8-16(17)19(25)22-18/h2-3,8-9,14-15H,4-7,10-13H2,1H3,(H,21,22,25)/t14-,15+/m0/s1. The number of nitrogens with one attached hydrogen (secondary N) is 1. The van der Waals surface area contributed by atoms with Crippen LogP contribution in [0.3, 0.4) is 0 Å². The lowest BCUT2D eigenvalue weighted by Crippen LogP contribution is -2.49. The van der Waals surface area contributed by atoms with Crippen molar-refractivity contribution in [1.29, 1.82) is 0 Å². The number of amides is 1. The molecule has 0 radical (unpaired) electrons. The van der Waals surface area contributed by atoms with Gasteiger partial charge in [0.1, 0.15) is 5.82 Å². The summed E-state index contributed by atoms with van der Waals surface area (Å²) in [5.41, 5.74) is 0.625. The number of hydrogen-bond acceptors (Lipinski definition) is 4. The lowest BCUT2D eigenvalue weighted by Gasteiger charge is -2.36. The van der Waals surface area contributed by atoms with Crippen molar-refractivity contribution in [3.05, 3.63) is 40.4 Å². The summed E-state index contributed by atoms with van der Waals surface area (Å²) in [7, 11) is 0. The van der Waals surface area contributed by atoms with Crippen LogP contribution in [0.4, 0.5) is 0 Å². The molecule has 1 N–H and O–H groups in total. The van der Waals surface area contributed by atoms with Gasteiger partial charge in [-0.3, -0.25) is 14.5 Å². The van der Waals surface area contributed by atoms with Crippen LogP contribution in [0, 0.1) is 0 Å². The Labute approximate surface area is 153 Å². The second-order valence-electron chi connectivity index (χ2n) is 7.51. The minimum Gasteiger partial charge on any atom is -0.341 e. The summed E-state index contributed by atoms with van der Waals surface area (Å²) in [5, 5.41) is 0.614. The molecule has 0 unspecified atom stereocenters. The van der Waals surface area contributed by atoms with Gasteiger partial charge >= 0.3 is 0 Å². The number of carbonyl (C=O) groups excluding carboxylic acids is 1. The van der Waals surface area contributed by atoms with Crippen molar-refractivity contribution < 1.29 is 4.79 Å². The van der Waals surface area contributed by atoms with Crippen LogP contribution in [-0.2, 0) is 4.79 Å². The number of likely N-dealkylation sites (tertiary alicyclic amines) is 2. The minimum atomic E-state index is -0.0977. The Morgan fingerprint density at radius 3 is 2.77 bits per heavy atom. The average molecular weight is 354 g/mol. The van der Waals surface area contributed by atoms with Gasteiger partial charge in [-0.15, -0.1) is 0 Å². The van der Waals surface area contributed by atoms with Gasteiger partial charge in [-0.1, -0.05) is 12.1 Å². The highest BCUT2D eigenvalue weighted by atomic mass is 16.2. The van der Waals surface area contributed by atoms with Crippen LogP contribution in [0.25, 0.3) is 10.9 Å². The van der Waals surface area contributed by atoms with Crippen LogP contribution >= 0.6 is 0 Å². The fourth-order valence-electron chi connectivity index (χ4n) is 4.25. The number of carbonyl (C=O) groups is 1. The van der Waals surface area contributed by atoms with Crippen molar-refractivity contribution in [3.8, 4) is 0 Å². The normalized spacial score (nSPS) is 22.7. The topological polar surface area (TPSA) is 69.3 Å². The number of H-pyrrole nitrogens is 1. The van der Waals surface area contributed by atoms with Crippen molar-refractivity contribution >= 4 is 16.8 Å². The molecule has 1 aromatic carbocycles. The molecule has 2 atom stereocenters. The summed E-state index contributed by atoms with van der Waals surface area (Å²) in [6.45, 7) is 5.49. The smallest absolute Gasteiger partial charge is 0.258 e. The summed E-state index contributed by atoms with van der Waals surface area (Å²) >= 11 is 0. The van der Waals surface area contributed by atoms with E-state index in [-0.39, 0.29) is 23.4 Å². The lowest BCUT2D eigenvalue weighted by molar-refractivity contribution is -0.137. The van der Waals surface area contributed by atoms with Crippen LogP contribution in [0.5, 0.6) is 0 Å². The third-order valence-electron chi connectivity index (χ3n) is 5.80. The number of piperidine rings is 1. The summed E-state index contributed by atoms with van der Waals surface area (Å²) in [4.78, 5) is 37.2. The number of aromatic amines is 1. The molecule has 2 fully saturated rings. The summed E-state index contributed by atoms with van der Waals surface area (Å²) < 4.78 is 0. The largest absolute Gasteiger partial charge is 0.341 e. The molecule has 3 heterocycles. The van der Waals surface area contributed by atoms with Gasteiger partial charge in [0.25, 0.3) is 5.56 Å². The number of rotatable bonds is 3. The third-order valence-corrected chi connectivity index (χ3v) is 5.80. The molecule has 0 saturated carbocycles. The van der Waals surface area contributed by atoms with Crippen LogP contribution in [0.2, 0.25) is 0 Å². The molecular weight excluding hydrogens is 328 g/mol. The number of para-hydroxylation sites is 1. The van der Waals surface area contributed by atoms with E-state index in [2.05, 4.69) is 14.9 Å². The second kappa shape index (κ2) is 7.19. The van der Waals surface area contributed by atoms with Crippen molar-refractivity contribution in [2.24, 2.45) is 0 Å². The molecule has 2 saturated heterocycles. The van der Waals surface area contributed by atoms with Gasteiger partial charge in [0.15, 0.2) is 0 Å². The molecule has 6 nitrogen and oxygen atoms in total. The fourth-order valence-corrected chi connectivity index (χ4v) is 4.25. The van der Waals surface area contributed by atoms with E-state index in [1.807, 2.05) is 30.0 Å². The quantitative estimate of drug-likeness (QED) is 0.917. The van der Waals surface area contributed by atoms with E-state index in [4.69, 9.17) is 0 Å². The van der Waals surface area contributed by atoms with Gasteiger partial charge in [0, 0.05) is 19.0 Å². The fraction of sp³-hybridized carbons (Fsp3) is 0.550. The maximum absolute atomic E-state index is 12.9. The average Bonchev–Trinajstić information content (AvgIpc) is 3.22. The molecule has 2 aliphatic rings. The van der Waals surface area contributed by atoms with Crippen molar-refractivity contribution in [3.63, 3.8) is 0 Å². The molecule has 4 rings (SSSR count). The zero-order chi connectivity index (χ0) is 18.1. The van der Waals surface area contributed by atoms with E-state index in [0.29, 0.717) is 17.8 Å². The molecule has 0 aliphatic carbocycles. The van der Waals surface area contributed by atoms with Crippen LogP contribution in [0.1, 0.15) is 44.3 Å². The lowest BCUT2D eigenvalue weighted by atomic mass is 9.96. The van der Waals surface area contributed by atoms with Crippen molar-refractivity contribution in [1.82, 2.24) is 19.8 Å². The minimum absolute atomic E-state index is 0.0557. The van der Waals surface area contributed by atoms with E-state index in [0.717, 1.165) is 38.0 Å². The first-order chi connectivity index (χ1) is 12.6. The molecular formula is C20H26N4O2. The van der Waals surface area contributed by atoms with Crippen molar-refractivity contribution in [2.75, 3.05) is 26.2 Å². The van der Waals surface area contributed by atoms with Crippen LogP contribution in [0.15, 0.2) is 29.1 Å². The molecule has 0 bridgehead atoms. The van der Waals surface area contributed by atoms with Crippen LogP contribution < -0.4 is 5.56 Å². The Morgan fingerprint density at radius 2 is 1.96 bits per heavy atom. The number of aromatic nitrogens is 2. The SMILES string of the molecule is C[C@@H](C(=O)N1CCC[C@@H](c2nc3ccccc3c(=O)[nH]2)C1)N1CCCC1. The van der Waals surface area contributed by atoms with Gasteiger partial charge in [0.2, 0.25) is 5.91 Å². The Kier molecular flexibility index (Phi) is 4.76. The highest BCUT2D eigenvalue weighted by molar-refractivity contribution is 5.81. The predicted molar refractivity (Wildman–Crippen MR) is 101 cm³/mol. The van der Waals surface area contributed by atoms with E-state index < -0.39 is 0 Å². The van der Waals surface area contributed by atoms with Gasteiger partial charge in [-0.05, 0) is 57.8 Å². The Bertz CT molecular complexity index is 856. The van der Waals surface area contributed by atoms with E-state index >= 15 is 0 Å². The first-order valence-corrected chi connectivity index (χ1v) is 9.65. The maximum Gasteiger partial charge on any atom is 0.258 e. The van der Waals surface area contributed by atoms with E-state index in [1.165, 1.54) is 12.8 Å². The molecule has 2 aromatic rings. The second-order valence-corrected chi connectivity index (χ2v) is 7.51. The molecule has 0 spiro atoms. The molecule has 2 aliphatic heterocycles. The summed E-state index contributed by atoms with van der Waals surface area (Å²) in [6.07, 6.45) is 4.26. The zero-order valence-corrected chi connectivity index (χ0v) is 15.3. The first-order valence-electron chi connectivity index (χ1n) is 9.65. The predicted octanol–water partition coefficient (Wildman–Crippen LogP) is 2.11. The number of hydrogen-bond donors (Lipinski definition) is 1. The number of nitrogens with zero attached hydrogens (tertiary/aromatic N) is 3.